The third-order valence-corrected chi connectivity index (χ3v) is 4.47. The summed E-state index contributed by atoms with van der Waals surface area (Å²) < 4.78 is 0. The highest BCUT2D eigenvalue weighted by Gasteiger charge is 2.17. The van der Waals surface area contributed by atoms with Crippen molar-refractivity contribution in [3.05, 3.63) is 114 Å². The number of benzene rings is 3. The monoisotopic (exact) mass is 325 g/mol. The minimum atomic E-state index is 0.0693. The van der Waals surface area contributed by atoms with E-state index in [1.165, 1.54) is 16.7 Å². The van der Waals surface area contributed by atoms with Crippen molar-refractivity contribution in [3.8, 4) is 0 Å². The van der Waals surface area contributed by atoms with Gasteiger partial charge in [0.1, 0.15) is 0 Å². The van der Waals surface area contributed by atoms with Crippen molar-refractivity contribution in [3.63, 3.8) is 0 Å². The first-order chi connectivity index (χ1) is 12.2. The molecule has 0 fully saturated rings. The van der Waals surface area contributed by atoms with E-state index in [1.807, 2.05) is 24.3 Å². The molecule has 0 spiro atoms. The Morgan fingerprint density at radius 1 is 0.760 bits per heavy atom. The van der Waals surface area contributed by atoms with Gasteiger partial charge in [0.25, 0.3) is 0 Å². The molecule has 1 nitrogen and oxygen atoms in total. The van der Waals surface area contributed by atoms with E-state index in [0.29, 0.717) is 0 Å². The Morgan fingerprint density at radius 2 is 1.32 bits per heavy atom. The van der Waals surface area contributed by atoms with E-state index < -0.39 is 0 Å². The van der Waals surface area contributed by atoms with E-state index in [0.717, 1.165) is 16.8 Å². The highest BCUT2D eigenvalue weighted by atomic mass is 14.9. The molecule has 0 aliphatic heterocycles. The van der Waals surface area contributed by atoms with Gasteiger partial charge in [0.2, 0.25) is 0 Å². The summed E-state index contributed by atoms with van der Waals surface area (Å²) in [6.07, 6.45) is 3.78. The molecule has 0 aliphatic carbocycles. The summed E-state index contributed by atoms with van der Waals surface area (Å²) in [5.74, 6) is 0. The molecule has 0 radical (unpaired) electrons. The van der Waals surface area contributed by atoms with Gasteiger partial charge in [-0.1, -0.05) is 98.1 Å². The fourth-order valence-corrected chi connectivity index (χ4v) is 3.13. The van der Waals surface area contributed by atoms with Gasteiger partial charge in [-0.3, -0.25) is 0 Å². The van der Waals surface area contributed by atoms with Gasteiger partial charge in [-0.15, -0.1) is 0 Å². The molecule has 0 saturated heterocycles. The second-order valence-electron chi connectivity index (χ2n) is 6.07. The molecular weight excluding hydrogens is 302 g/mol. The van der Waals surface area contributed by atoms with Gasteiger partial charge in [0.15, 0.2) is 0 Å². The maximum absolute atomic E-state index is 4.01. The summed E-state index contributed by atoms with van der Waals surface area (Å²) >= 11 is 0. The van der Waals surface area contributed by atoms with Gasteiger partial charge in [-0.2, -0.15) is 0 Å². The Morgan fingerprint density at radius 3 is 1.80 bits per heavy atom. The van der Waals surface area contributed by atoms with Crippen molar-refractivity contribution in [1.29, 1.82) is 0 Å². The maximum Gasteiger partial charge on any atom is 0.0767 e. The molecule has 3 rings (SSSR count). The van der Waals surface area contributed by atoms with Crippen LogP contribution in [0, 0.1) is 6.92 Å². The Kier molecular flexibility index (Phi) is 5.15. The Labute approximate surface area is 150 Å². The van der Waals surface area contributed by atoms with Crippen molar-refractivity contribution in [1.82, 2.24) is 0 Å². The highest BCUT2D eigenvalue weighted by molar-refractivity contribution is 5.78. The Balaban J connectivity index is 2.11. The van der Waals surface area contributed by atoms with E-state index in [2.05, 4.69) is 86.1 Å². The average Bonchev–Trinajstić information content (AvgIpc) is 2.68. The van der Waals surface area contributed by atoms with E-state index >= 15 is 0 Å². The van der Waals surface area contributed by atoms with E-state index in [1.54, 1.807) is 0 Å². The molecule has 25 heavy (non-hydrogen) atoms. The van der Waals surface area contributed by atoms with Gasteiger partial charge in [0.05, 0.1) is 6.04 Å². The highest BCUT2D eigenvalue weighted by Crippen LogP contribution is 2.33. The summed E-state index contributed by atoms with van der Waals surface area (Å²) in [6, 6.07) is 25.3. The van der Waals surface area contributed by atoms with Gasteiger partial charge < -0.3 is 5.32 Å². The topological polar surface area (TPSA) is 12.0 Å². The second-order valence-corrected chi connectivity index (χ2v) is 6.07. The fourth-order valence-electron chi connectivity index (χ4n) is 3.13. The number of aryl methyl sites for hydroxylation is 1. The van der Waals surface area contributed by atoms with Gasteiger partial charge >= 0.3 is 0 Å². The molecule has 0 aromatic heterocycles. The summed E-state index contributed by atoms with van der Waals surface area (Å²) in [4.78, 5) is 0. The predicted molar refractivity (Wildman–Crippen MR) is 110 cm³/mol. The third-order valence-electron chi connectivity index (χ3n) is 4.47. The second kappa shape index (κ2) is 7.67. The minimum Gasteiger partial charge on any atom is -0.373 e. The number of anilines is 1. The zero-order valence-corrected chi connectivity index (χ0v) is 14.6. The molecule has 0 unspecified atom stereocenters. The van der Waals surface area contributed by atoms with Gasteiger partial charge in [-0.05, 0) is 29.2 Å². The molecule has 0 amide bonds. The Hall–Kier alpha value is -3.06. The summed E-state index contributed by atoms with van der Waals surface area (Å²) in [6.45, 7) is 10.1. The number of rotatable bonds is 6. The van der Waals surface area contributed by atoms with Crippen LogP contribution in [0.4, 0.5) is 5.69 Å². The van der Waals surface area contributed by atoms with Crippen LogP contribution in [0.25, 0.3) is 12.2 Å². The number of nitrogens with one attached hydrogen (secondary N) is 1. The van der Waals surface area contributed by atoms with Crippen LogP contribution in [-0.2, 0) is 0 Å². The third kappa shape index (κ3) is 3.56. The smallest absolute Gasteiger partial charge is 0.0767 e. The summed E-state index contributed by atoms with van der Waals surface area (Å²) in [5.41, 5.74) is 6.93. The van der Waals surface area contributed by atoms with Gasteiger partial charge in [-0.25, -0.2) is 0 Å². The largest absolute Gasteiger partial charge is 0.373 e. The zero-order valence-electron chi connectivity index (χ0n) is 14.6. The predicted octanol–water partition coefficient (Wildman–Crippen LogP) is 6.48. The molecule has 1 heteroatoms. The van der Waals surface area contributed by atoms with Crippen LogP contribution >= 0.6 is 0 Å². The van der Waals surface area contributed by atoms with Crippen LogP contribution in [0.3, 0.4) is 0 Å². The summed E-state index contributed by atoms with van der Waals surface area (Å²) in [5, 5.41) is 3.76. The van der Waals surface area contributed by atoms with Crippen LogP contribution in [-0.4, -0.2) is 0 Å². The van der Waals surface area contributed by atoms with Crippen LogP contribution in [0.15, 0.2) is 86.0 Å². The lowest BCUT2D eigenvalue weighted by Crippen LogP contribution is -2.14. The molecule has 124 valence electrons. The van der Waals surface area contributed by atoms with Crippen LogP contribution < -0.4 is 5.32 Å². The van der Waals surface area contributed by atoms with E-state index in [9.17, 15) is 0 Å². The quantitative estimate of drug-likeness (QED) is 0.546. The van der Waals surface area contributed by atoms with E-state index in [4.69, 9.17) is 0 Å². The lowest BCUT2D eigenvalue weighted by Gasteiger charge is -2.24. The first-order valence-corrected chi connectivity index (χ1v) is 8.49. The zero-order chi connectivity index (χ0) is 17.6. The molecular formula is C24H23N. The molecule has 1 N–H and O–H groups in total. The number of hydrogen-bond donors (Lipinski definition) is 1. The van der Waals surface area contributed by atoms with Crippen LogP contribution in [0.1, 0.15) is 33.9 Å². The Bertz CT molecular complexity index is 824. The lowest BCUT2D eigenvalue weighted by atomic mass is 9.95. The first kappa shape index (κ1) is 16.8. The lowest BCUT2D eigenvalue weighted by molar-refractivity contribution is 0.935. The van der Waals surface area contributed by atoms with Crippen molar-refractivity contribution >= 4 is 17.8 Å². The van der Waals surface area contributed by atoms with Crippen molar-refractivity contribution in [2.45, 2.75) is 13.0 Å². The average molecular weight is 325 g/mol. The molecule has 0 saturated carbocycles. The summed E-state index contributed by atoms with van der Waals surface area (Å²) in [7, 11) is 0. The molecule has 3 aromatic rings. The first-order valence-electron chi connectivity index (χ1n) is 8.49. The van der Waals surface area contributed by atoms with Crippen molar-refractivity contribution in [2.75, 3.05) is 5.32 Å². The fraction of sp³-hybridized carbons (Fsp3) is 0.0833. The SMILES string of the molecule is C=Cc1ccc(C)c(NC(c2ccccc2)c2ccccc2)c1C=C. The molecule has 0 bridgehead atoms. The normalized spacial score (nSPS) is 10.5. The van der Waals surface area contributed by atoms with Crippen molar-refractivity contribution < 1.29 is 0 Å². The van der Waals surface area contributed by atoms with Crippen LogP contribution in [0.2, 0.25) is 0 Å². The molecule has 0 heterocycles. The molecule has 3 aromatic carbocycles. The van der Waals surface area contributed by atoms with Gasteiger partial charge in [0, 0.05) is 11.3 Å². The molecule has 0 aliphatic rings. The van der Waals surface area contributed by atoms with E-state index in [-0.39, 0.29) is 6.04 Å². The molecule has 0 atom stereocenters. The minimum absolute atomic E-state index is 0.0693. The number of hydrogen-bond acceptors (Lipinski definition) is 1. The standard InChI is InChI=1S/C24H23N/c1-4-19-17-16-18(3)23(22(19)5-2)25-24(20-12-8-6-9-13-20)21-14-10-7-11-15-21/h4-17,24-25H,1-2H2,3H3. The van der Waals surface area contributed by atoms with Crippen molar-refractivity contribution in [2.24, 2.45) is 0 Å². The maximum atomic E-state index is 4.01. The van der Waals surface area contributed by atoms with Crippen LogP contribution in [0.5, 0.6) is 0 Å².